The molecule has 4 heteroatoms. The van der Waals surface area contributed by atoms with Crippen LogP contribution in [0, 0.1) is 5.92 Å². The molecule has 1 rings (SSSR count). The Morgan fingerprint density at radius 3 is 2.71 bits per heavy atom. The number of aliphatic hydroxyl groups excluding tert-OH is 1. The summed E-state index contributed by atoms with van der Waals surface area (Å²) in [6.45, 7) is 6.11. The molecule has 0 aliphatic carbocycles. The zero-order chi connectivity index (χ0) is 9.84. The van der Waals surface area contributed by atoms with Gasteiger partial charge in [0, 0.05) is 38.1 Å². The van der Waals surface area contributed by atoms with Gasteiger partial charge in [-0.05, 0) is 13.3 Å². The monoisotopic (exact) mass is 221 g/mol. The Hall–Kier alpha value is -0.120. The van der Waals surface area contributed by atoms with E-state index in [4.69, 9.17) is 5.11 Å². The summed E-state index contributed by atoms with van der Waals surface area (Å²) in [6.07, 6.45) is 1.49. The Bertz CT molecular complexity index is 187. The number of hydrogen-bond acceptors (Lipinski definition) is 3. The fraction of sp³-hybridized carbons (Fsp3) is 0.900. The number of rotatable bonds is 3. The largest absolute Gasteiger partial charge is 0.396 e. The van der Waals surface area contributed by atoms with Crippen LogP contribution in [0.25, 0.3) is 0 Å². The summed E-state index contributed by atoms with van der Waals surface area (Å²) in [5.41, 5.74) is 0. The molecular formula is C10H20ClNO2. The second-order valence-electron chi connectivity index (χ2n) is 3.86. The summed E-state index contributed by atoms with van der Waals surface area (Å²) in [5.74, 6) is 0.542. The highest BCUT2D eigenvalue weighted by Gasteiger charge is 2.29. The van der Waals surface area contributed by atoms with Gasteiger partial charge < -0.3 is 5.11 Å². The predicted octanol–water partition coefficient (Wildman–Crippen LogP) is 1.09. The third kappa shape index (κ3) is 3.23. The van der Waals surface area contributed by atoms with Crippen LogP contribution in [-0.2, 0) is 4.79 Å². The van der Waals surface area contributed by atoms with Crippen molar-refractivity contribution in [1.29, 1.82) is 0 Å². The van der Waals surface area contributed by atoms with E-state index < -0.39 is 0 Å². The minimum Gasteiger partial charge on any atom is -0.396 e. The van der Waals surface area contributed by atoms with Crippen molar-refractivity contribution in [2.75, 3.05) is 19.7 Å². The highest BCUT2D eigenvalue weighted by atomic mass is 35.5. The lowest BCUT2D eigenvalue weighted by molar-refractivity contribution is -0.127. The van der Waals surface area contributed by atoms with Crippen molar-refractivity contribution < 1.29 is 9.90 Å². The van der Waals surface area contributed by atoms with Crippen molar-refractivity contribution >= 4 is 18.2 Å². The normalized spacial score (nSPS) is 28.6. The first-order chi connectivity index (χ1) is 6.16. The van der Waals surface area contributed by atoms with Gasteiger partial charge in [-0.25, -0.2) is 0 Å². The molecule has 0 amide bonds. The van der Waals surface area contributed by atoms with E-state index in [1.54, 1.807) is 0 Å². The molecule has 2 atom stereocenters. The van der Waals surface area contributed by atoms with Gasteiger partial charge in [0.1, 0.15) is 5.78 Å². The van der Waals surface area contributed by atoms with Crippen molar-refractivity contribution in [3.8, 4) is 0 Å². The van der Waals surface area contributed by atoms with Gasteiger partial charge in [0.25, 0.3) is 0 Å². The summed E-state index contributed by atoms with van der Waals surface area (Å²) in [4.78, 5) is 13.6. The van der Waals surface area contributed by atoms with Crippen molar-refractivity contribution in [2.45, 2.75) is 32.7 Å². The number of halogens is 1. The molecule has 0 aromatic carbocycles. The number of Topliss-reactive ketones (excluding diaryl/α,β-unsaturated/α-hetero) is 1. The van der Waals surface area contributed by atoms with E-state index in [1.165, 1.54) is 0 Å². The maximum atomic E-state index is 11.3. The lowest BCUT2D eigenvalue weighted by Gasteiger charge is -2.36. The molecule has 1 heterocycles. The number of carbonyl (C=O) groups excluding carboxylic acids is 1. The van der Waals surface area contributed by atoms with E-state index in [1.807, 2.05) is 6.92 Å². The highest BCUT2D eigenvalue weighted by molar-refractivity contribution is 5.85. The average Bonchev–Trinajstić information content (AvgIpc) is 2.13. The van der Waals surface area contributed by atoms with Crippen molar-refractivity contribution in [3.05, 3.63) is 0 Å². The van der Waals surface area contributed by atoms with Crippen LogP contribution in [0.4, 0.5) is 0 Å². The molecule has 14 heavy (non-hydrogen) atoms. The van der Waals surface area contributed by atoms with Gasteiger partial charge in [0.2, 0.25) is 0 Å². The van der Waals surface area contributed by atoms with Gasteiger partial charge in [0.05, 0.1) is 0 Å². The fourth-order valence-electron chi connectivity index (χ4n) is 1.86. The van der Waals surface area contributed by atoms with Crippen LogP contribution in [0.1, 0.15) is 26.7 Å². The Kier molecular flexibility index (Phi) is 6.33. The van der Waals surface area contributed by atoms with Crippen LogP contribution in [-0.4, -0.2) is 41.5 Å². The standard InChI is InChI=1S/C10H19NO2.ClH/c1-8-9(2)11(5-3-7-12)6-4-10(8)13;/h8-9,12H,3-7H2,1-2H3;1H. The third-order valence-electron chi connectivity index (χ3n) is 3.06. The zero-order valence-electron chi connectivity index (χ0n) is 8.90. The van der Waals surface area contributed by atoms with E-state index in [0.717, 1.165) is 19.5 Å². The molecule has 1 saturated heterocycles. The third-order valence-corrected chi connectivity index (χ3v) is 3.06. The van der Waals surface area contributed by atoms with Gasteiger partial charge in [0.15, 0.2) is 0 Å². The van der Waals surface area contributed by atoms with Gasteiger partial charge in [-0.2, -0.15) is 0 Å². The van der Waals surface area contributed by atoms with Crippen LogP contribution in [0.3, 0.4) is 0 Å². The first kappa shape index (κ1) is 13.9. The van der Waals surface area contributed by atoms with Gasteiger partial charge in [-0.15, -0.1) is 12.4 Å². The van der Waals surface area contributed by atoms with Crippen molar-refractivity contribution in [1.82, 2.24) is 4.90 Å². The lowest BCUT2D eigenvalue weighted by Crippen LogP contribution is -2.47. The van der Waals surface area contributed by atoms with Crippen LogP contribution < -0.4 is 0 Å². The molecule has 0 bridgehead atoms. The van der Waals surface area contributed by atoms with E-state index in [9.17, 15) is 4.79 Å². The summed E-state index contributed by atoms with van der Waals surface area (Å²) in [7, 11) is 0. The van der Waals surface area contributed by atoms with E-state index >= 15 is 0 Å². The molecule has 1 aliphatic heterocycles. The first-order valence-electron chi connectivity index (χ1n) is 5.04. The lowest BCUT2D eigenvalue weighted by atomic mass is 9.90. The summed E-state index contributed by atoms with van der Waals surface area (Å²) in [6, 6.07) is 0.341. The summed E-state index contributed by atoms with van der Waals surface area (Å²) in [5, 5.41) is 8.71. The number of carbonyl (C=O) groups is 1. The molecule has 1 aliphatic rings. The molecule has 1 N–H and O–H groups in total. The second kappa shape index (κ2) is 6.38. The molecule has 0 aromatic heterocycles. The summed E-state index contributed by atoms with van der Waals surface area (Å²) >= 11 is 0. The molecule has 0 spiro atoms. The van der Waals surface area contributed by atoms with Crippen LogP contribution in [0.5, 0.6) is 0 Å². The predicted molar refractivity (Wildman–Crippen MR) is 58.8 cm³/mol. The van der Waals surface area contributed by atoms with Gasteiger partial charge in [-0.1, -0.05) is 6.92 Å². The number of nitrogens with zero attached hydrogens (tertiary/aromatic N) is 1. The zero-order valence-corrected chi connectivity index (χ0v) is 9.72. The molecule has 84 valence electrons. The Morgan fingerprint density at radius 2 is 2.14 bits per heavy atom. The smallest absolute Gasteiger partial charge is 0.138 e. The number of aliphatic hydroxyl groups is 1. The second-order valence-corrected chi connectivity index (χ2v) is 3.86. The molecule has 0 aromatic rings. The molecule has 3 nitrogen and oxygen atoms in total. The molecule has 1 fully saturated rings. The number of likely N-dealkylation sites (tertiary alicyclic amines) is 1. The maximum absolute atomic E-state index is 11.3. The van der Waals surface area contributed by atoms with Gasteiger partial charge >= 0.3 is 0 Å². The van der Waals surface area contributed by atoms with Gasteiger partial charge in [-0.3, -0.25) is 9.69 Å². The van der Waals surface area contributed by atoms with E-state index in [0.29, 0.717) is 18.2 Å². The fourth-order valence-corrected chi connectivity index (χ4v) is 1.86. The minimum atomic E-state index is 0. The first-order valence-corrected chi connectivity index (χ1v) is 5.04. The average molecular weight is 222 g/mol. The maximum Gasteiger partial charge on any atom is 0.138 e. The van der Waals surface area contributed by atoms with Crippen molar-refractivity contribution in [3.63, 3.8) is 0 Å². The highest BCUT2D eigenvalue weighted by Crippen LogP contribution is 2.19. The number of hydrogen-bond donors (Lipinski definition) is 1. The Balaban J connectivity index is 0.00000169. The number of piperidine rings is 1. The minimum absolute atomic E-state index is 0. The van der Waals surface area contributed by atoms with E-state index in [2.05, 4.69) is 11.8 Å². The molecule has 0 radical (unpaired) electrons. The van der Waals surface area contributed by atoms with E-state index in [-0.39, 0.29) is 24.9 Å². The number of ketones is 1. The topological polar surface area (TPSA) is 40.5 Å². The van der Waals surface area contributed by atoms with Crippen LogP contribution in [0.15, 0.2) is 0 Å². The quantitative estimate of drug-likeness (QED) is 0.776. The Labute approximate surface area is 91.9 Å². The molecular weight excluding hydrogens is 202 g/mol. The summed E-state index contributed by atoms with van der Waals surface area (Å²) < 4.78 is 0. The van der Waals surface area contributed by atoms with Crippen LogP contribution >= 0.6 is 12.4 Å². The van der Waals surface area contributed by atoms with Crippen molar-refractivity contribution in [2.24, 2.45) is 5.92 Å². The molecule has 2 unspecified atom stereocenters. The molecule has 0 saturated carbocycles. The van der Waals surface area contributed by atoms with Crippen LogP contribution in [0.2, 0.25) is 0 Å². The Morgan fingerprint density at radius 1 is 1.50 bits per heavy atom. The SMILES string of the molecule is CC1C(=O)CCN(CCCO)C1C.Cl.